The SMILES string of the molecule is Cc1nn(-c2cccc(Cl)c2)c(Cl)c1/C=C(\C#N)C(=O)NC(C)c1ccccc1. The molecule has 3 aromatic rings. The second kappa shape index (κ2) is 8.95. The van der Waals surface area contributed by atoms with Crippen molar-refractivity contribution in [1.82, 2.24) is 15.1 Å². The fourth-order valence-electron chi connectivity index (χ4n) is 2.85. The summed E-state index contributed by atoms with van der Waals surface area (Å²) in [5, 5.41) is 17.6. The van der Waals surface area contributed by atoms with Gasteiger partial charge in [-0.2, -0.15) is 10.4 Å². The number of aromatic nitrogens is 2. The van der Waals surface area contributed by atoms with Gasteiger partial charge in [0.15, 0.2) is 0 Å². The molecule has 1 amide bonds. The maximum absolute atomic E-state index is 12.6. The summed E-state index contributed by atoms with van der Waals surface area (Å²) in [5.41, 5.74) is 2.67. The van der Waals surface area contributed by atoms with E-state index in [0.717, 1.165) is 5.56 Å². The number of carbonyl (C=O) groups is 1. The average molecular weight is 425 g/mol. The van der Waals surface area contributed by atoms with Crippen molar-refractivity contribution in [2.75, 3.05) is 0 Å². The van der Waals surface area contributed by atoms with Gasteiger partial charge in [-0.15, -0.1) is 0 Å². The molecule has 1 atom stereocenters. The number of amides is 1. The largest absolute Gasteiger partial charge is 0.345 e. The average Bonchev–Trinajstić information content (AvgIpc) is 3.00. The molecule has 0 radical (unpaired) electrons. The van der Waals surface area contributed by atoms with E-state index >= 15 is 0 Å². The van der Waals surface area contributed by atoms with Crippen molar-refractivity contribution in [2.45, 2.75) is 19.9 Å². The molecule has 0 aliphatic rings. The lowest BCUT2D eigenvalue weighted by molar-refractivity contribution is -0.117. The van der Waals surface area contributed by atoms with E-state index in [-0.39, 0.29) is 11.6 Å². The van der Waals surface area contributed by atoms with Crippen LogP contribution in [0.3, 0.4) is 0 Å². The molecular formula is C22H18Cl2N4O. The van der Waals surface area contributed by atoms with Crippen LogP contribution in [-0.2, 0) is 4.79 Å². The van der Waals surface area contributed by atoms with Crippen molar-refractivity contribution >= 4 is 35.2 Å². The molecule has 5 nitrogen and oxygen atoms in total. The van der Waals surface area contributed by atoms with Gasteiger partial charge in [0.1, 0.15) is 16.8 Å². The highest BCUT2D eigenvalue weighted by atomic mass is 35.5. The lowest BCUT2D eigenvalue weighted by Gasteiger charge is -2.13. The summed E-state index contributed by atoms with van der Waals surface area (Å²) in [6.07, 6.45) is 1.46. The first-order valence-electron chi connectivity index (χ1n) is 8.89. The van der Waals surface area contributed by atoms with Gasteiger partial charge < -0.3 is 5.32 Å². The summed E-state index contributed by atoms with van der Waals surface area (Å²) in [4.78, 5) is 12.6. The predicted molar refractivity (Wildman–Crippen MR) is 115 cm³/mol. The van der Waals surface area contributed by atoms with E-state index < -0.39 is 5.91 Å². The third kappa shape index (κ3) is 4.68. The van der Waals surface area contributed by atoms with Crippen molar-refractivity contribution in [3.05, 3.63) is 87.2 Å². The van der Waals surface area contributed by atoms with Crippen LogP contribution in [-0.4, -0.2) is 15.7 Å². The lowest BCUT2D eigenvalue weighted by Crippen LogP contribution is -2.27. The third-order valence-corrected chi connectivity index (χ3v) is 5.00. The van der Waals surface area contributed by atoms with Gasteiger partial charge in [0.25, 0.3) is 5.91 Å². The molecule has 146 valence electrons. The highest BCUT2D eigenvalue weighted by Crippen LogP contribution is 2.27. The first kappa shape index (κ1) is 20.7. The Balaban J connectivity index is 1.89. The molecule has 0 aliphatic carbocycles. The first-order chi connectivity index (χ1) is 13.9. The smallest absolute Gasteiger partial charge is 0.262 e. The number of carbonyl (C=O) groups excluding carboxylic acids is 1. The van der Waals surface area contributed by atoms with Crippen LogP contribution >= 0.6 is 23.2 Å². The van der Waals surface area contributed by atoms with Crippen LogP contribution in [0.1, 0.15) is 29.8 Å². The number of rotatable bonds is 5. The fourth-order valence-corrected chi connectivity index (χ4v) is 3.36. The Morgan fingerprint density at radius 3 is 2.59 bits per heavy atom. The first-order valence-corrected chi connectivity index (χ1v) is 9.65. The topological polar surface area (TPSA) is 70.7 Å². The van der Waals surface area contributed by atoms with Crippen LogP contribution in [0, 0.1) is 18.3 Å². The number of hydrogen-bond acceptors (Lipinski definition) is 3. The molecule has 3 rings (SSSR count). The van der Waals surface area contributed by atoms with Crippen LogP contribution in [0.2, 0.25) is 10.2 Å². The summed E-state index contributed by atoms with van der Waals surface area (Å²) in [6, 6.07) is 18.3. The van der Waals surface area contributed by atoms with Crippen LogP contribution < -0.4 is 5.32 Å². The van der Waals surface area contributed by atoms with Crippen LogP contribution in [0.5, 0.6) is 0 Å². The highest BCUT2D eigenvalue weighted by Gasteiger charge is 2.18. The van der Waals surface area contributed by atoms with Gasteiger partial charge in [0.2, 0.25) is 0 Å². The molecule has 2 aromatic carbocycles. The zero-order chi connectivity index (χ0) is 21.0. The molecule has 0 spiro atoms. The second-order valence-electron chi connectivity index (χ2n) is 6.46. The van der Waals surface area contributed by atoms with Gasteiger partial charge >= 0.3 is 0 Å². The highest BCUT2D eigenvalue weighted by molar-refractivity contribution is 6.32. The molecule has 0 aliphatic heterocycles. The summed E-state index contributed by atoms with van der Waals surface area (Å²) in [7, 11) is 0. The van der Waals surface area contributed by atoms with E-state index in [0.29, 0.717) is 27.1 Å². The van der Waals surface area contributed by atoms with Crippen molar-refractivity contribution in [3.63, 3.8) is 0 Å². The number of nitrogens with one attached hydrogen (secondary N) is 1. The summed E-state index contributed by atoms with van der Waals surface area (Å²) >= 11 is 12.5. The monoisotopic (exact) mass is 424 g/mol. The fraction of sp³-hybridized carbons (Fsp3) is 0.136. The molecular weight excluding hydrogens is 407 g/mol. The van der Waals surface area contributed by atoms with E-state index in [1.54, 1.807) is 25.1 Å². The number of nitrogens with zero attached hydrogens (tertiary/aromatic N) is 3. The maximum Gasteiger partial charge on any atom is 0.262 e. The molecule has 0 bridgehead atoms. The van der Waals surface area contributed by atoms with Gasteiger partial charge in [-0.05, 0) is 43.7 Å². The van der Waals surface area contributed by atoms with Gasteiger partial charge in [-0.1, -0.05) is 59.6 Å². The van der Waals surface area contributed by atoms with Gasteiger partial charge in [0, 0.05) is 10.6 Å². The van der Waals surface area contributed by atoms with E-state index in [1.807, 2.05) is 49.4 Å². The molecule has 1 heterocycles. The molecule has 1 N–H and O–H groups in total. The number of halogens is 2. The minimum atomic E-state index is -0.477. The summed E-state index contributed by atoms with van der Waals surface area (Å²) < 4.78 is 1.52. The van der Waals surface area contributed by atoms with E-state index in [1.165, 1.54) is 10.8 Å². The lowest BCUT2D eigenvalue weighted by atomic mass is 10.1. The predicted octanol–water partition coefficient (Wildman–Crippen LogP) is 5.27. The Labute approximate surface area is 179 Å². The Bertz CT molecular complexity index is 1110. The molecule has 7 heteroatoms. The van der Waals surface area contributed by atoms with Gasteiger partial charge in [-0.3, -0.25) is 4.79 Å². The minimum Gasteiger partial charge on any atom is -0.345 e. The van der Waals surface area contributed by atoms with E-state index in [2.05, 4.69) is 10.4 Å². The second-order valence-corrected chi connectivity index (χ2v) is 7.25. The Kier molecular flexibility index (Phi) is 6.38. The van der Waals surface area contributed by atoms with Crippen LogP contribution in [0.15, 0.2) is 60.2 Å². The zero-order valence-electron chi connectivity index (χ0n) is 15.9. The van der Waals surface area contributed by atoms with Crippen LogP contribution in [0.25, 0.3) is 11.8 Å². The maximum atomic E-state index is 12.6. The number of benzene rings is 2. The molecule has 1 aromatic heterocycles. The number of nitriles is 1. The van der Waals surface area contributed by atoms with Crippen molar-refractivity contribution < 1.29 is 4.79 Å². The Morgan fingerprint density at radius 2 is 1.93 bits per heavy atom. The molecule has 1 unspecified atom stereocenters. The summed E-state index contributed by atoms with van der Waals surface area (Å²) in [5.74, 6) is -0.477. The quantitative estimate of drug-likeness (QED) is 0.447. The van der Waals surface area contributed by atoms with Crippen molar-refractivity contribution in [1.29, 1.82) is 5.26 Å². The molecule has 0 saturated heterocycles. The third-order valence-electron chi connectivity index (χ3n) is 4.40. The molecule has 29 heavy (non-hydrogen) atoms. The Hall–Kier alpha value is -3.07. The van der Waals surface area contributed by atoms with Crippen LogP contribution in [0.4, 0.5) is 0 Å². The normalized spacial score (nSPS) is 12.3. The zero-order valence-corrected chi connectivity index (χ0v) is 17.4. The van der Waals surface area contributed by atoms with Crippen molar-refractivity contribution in [3.8, 4) is 11.8 Å². The number of hydrogen-bond donors (Lipinski definition) is 1. The van der Waals surface area contributed by atoms with E-state index in [4.69, 9.17) is 23.2 Å². The number of aryl methyl sites for hydroxylation is 1. The summed E-state index contributed by atoms with van der Waals surface area (Å²) in [6.45, 7) is 3.62. The van der Waals surface area contributed by atoms with E-state index in [9.17, 15) is 10.1 Å². The van der Waals surface area contributed by atoms with Crippen molar-refractivity contribution in [2.24, 2.45) is 0 Å². The Morgan fingerprint density at radius 1 is 1.21 bits per heavy atom. The standard InChI is InChI=1S/C22H18Cl2N4O/c1-14(16-7-4-3-5-8-16)26-22(29)17(13-25)11-20-15(2)27-28(21(20)24)19-10-6-9-18(23)12-19/h3-12,14H,1-2H3,(H,26,29)/b17-11+. The molecule has 0 fully saturated rings. The van der Waals surface area contributed by atoms with Gasteiger partial charge in [-0.25, -0.2) is 4.68 Å². The minimum absolute atomic E-state index is 0.0524. The molecule has 0 saturated carbocycles. The van der Waals surface area contributed by atoms with Gasteiger partial charge in [0.05, 0.1) is 17.4 Å².